The Morgan fingerprint density at radius 2 is 1.86 bits per heavy atom. The lowest BCUT2D eigenvalue weighted by Gasteiger charge is -2.20. The molecule has 7 heteroatoms. The standard InChI is InChI=1S/C22H26N4O3/c27-21(23-13-17-9-6-12-29-17)15-26-19-11-5-4-10-18(19)25-20(26)14-24-22(28)16-7-2-1-3-8-16/h4-6,9-12,16H,1-3,7-8,13-15H2,(H,23,27)(H,24,28). The van der Waals surface area contributed by atoms with Crippen molar-refractivity contribution in [2.45, 2.75) is 51.7 Å². The van der Waals surface area contributed by atoms with E-state index in [1.54, 1.807) is 12.3 Å². The van der Waals surface area contributed by atoms with Crippen LogP contribution in [0, 0.1) is 5.92 Å². The second-order valence-corrected chi connectivity index (χ2v) is 7.51. The molecule has 1 aliphatic carbocycles. The predicted octanol–water partition coefficient (Wildman–Crippen LogP) is 3.14. The summed E-state index contributed by atoms with van der Waals surface area (Å²) in [7, 11) is 0. The molecular weight excluding hydrogens is 368 g/mol. The van der Waals surface area contributed by atoms with E-state index >= 15 is 0 Å². The Hall–Kier alpha value is -3.09. The molecule has 1 aliphatic rings. The molecule has 2 heterocycles. The van der Waals surface area contributed by atoms with Gasteiger partial charge < -0.3 is 19.6 Å². The maximum absolute atomic E-state index is 12.5. The summed E-state index contributed by atoms with van der Waals surface area (Å²) in [6.07, 6.45) is 6.94. The molecule has 1 aromatic carbocycles. The number of nitrogens with zero attached hydrogens (tertiary/aromatic N) is 2. The molecule has 4 rings (SSSR count). The van der Waals surface area contributed by atoms with E-state index in [0.717, 1.165) is 36.7 Å². The first kappa shape index (κ1) is 19.2. The predicted molar refractivity (Wildman–Crippen MR) is 109 cm³/mol. The number of aromatic nitrogens is 2. The minimum atomic E-state index is -0.135. The molecule has 1 saturated carbocycles. The van der Waals surface area contributed by atoms with Gasteiger partial charge in [0.15, 0.2) is 0 Å². The highest BCUT2D eigenvalue weighted by Crippen LogP contribution is 2.24. The second kappa shape index (κ2) is 8.94. The van der Waals surface area contributed by atoms with Gasteiger partial charge in [-0.1, -0.05) is 31.4 Å². The number of para-hydroxylation sites is 2. The third-order valence-electron chi connectivity index (χ3n) is 5.47. The van der Waals surface area contributed by atoms with Gasteiger partial charge in [-0.15, -0.1) is 0 Å². The molecule has 3 aromatic rings. The van der Waals surface area contributed by atoms with Gasteiger partial charge in [0.2, 0.25) is 11.8 Å². The molecule has 7 nitrogen and oxygen atoms in total. The summed E-state index contributed by atoms with van der Waals surface area (Å²) in [6.45, 7) is 0.789. The molecule has 0 unspecified atom stereocenters. The molecule has 2 N–H and O–H groups in total. The Morgan fingerprint density at radius 1 is 1.03 bits per heavy atom. The van der Waals surface area contributed by atoms with E-state index in [4.69, 9.17) is 4.42 Å². The van der Waals surface area contributed by atoms with Crippen LogP contribution in [0.1, 0.15) is 43.7 Å². The molecule has 0 atom stereocenters. The highest BCUT2D eigenvalue weighted by atomic mass is 16.3. The van der Waals surface area contributed by atoms with Crippen LogP contribution in [0.5, 0.6) is 0 Å². The lowest BCUT2D eigenvalue weighted by atomic mass is 9.89. The van der Waals surface area contributed by atoms with Crippen LogP contribution >= 0.6 is 0 Å². The van der Waals surface area contributed by atoms with Gasteiger partial charge in [0.1, 0.15) is 18.1 Å². The van der Waals surface area contributed by atoms with Crippen molar-refractivity contribution in [1.29, 1.82) is 0 Å². The van der Waals surface area contributed by atoms with Gasteiger partial charge in [0.05, 0.1) is 30.4 Å². The van der Waals surface area contributed by atoms with Crippen LogP contribution in [0.15, 0.2) is 47.1 Å². The number of benzene rings is 1. The number of hydrogen-bond donors (Lipinski definition) is 2. The lowest BCUT2D eigenvalue weighted by molar-refractivity contribution is -0.126. The van der Waals surface area contributed by atoms with Crippen molar-refractivity contribution in [1.82, 2.24) is 20.2 Å². The van der Waals surface area contributed by atoms with E-state index in [9.17, 15) is 9.59 Å². The normalized spacial score (nSPS) is 14.8. The summed E-state index contributed by atoms with van der Waals surface area (Å²) in [5, 5.41) is 5.89. The van der Waals surface area contributed by atoms with Crippen LogP contribution in [-0.4, -0.2) is 21.4 Å². The average molecular weight is 394 g/mol. The van der Waals surface area contributed by atoms with Crippen LogP contribution in [0.3, 0.4) is 0 Å². The molecule has 2 amide bonds. The van der Waals surface area contributed by atoms with Crippen molar-refractivity contribution in [2.24, 2.45) is 5.92 Å². The maximum atomic E-state index is 12.5. The summed E-state index contributed by atoms with van der Waals surface area (Å²) < 4.78 is 7.12. The average Bonchev–Trinajstić information content (AvgIpc) is 3.39. The van der Waals surface area contributed by atoms with Crippen molar-refractivity contribution < 1.29 is 14.0 Å². The summed E-state index contributed by atoms with van der Waals surface area (Å²) in [5.41, 5.74) is 1.69. The van der Waals surface area contributed by atoms with Crippen LogP contribution in [0.25, 0.3) is 11.0 Å². The molecule has 152 valence electrons. The SMILES string of the molecule is O=C(Cn1c(CNC(=O)C2CCCCC2)nc2ccccc21)NCc1ccco1. The van der Waals surface area contributed by atoms with E-state index < -0.39 is 0 Å². The van der Waals surface area contributed by atoms with Crippen molar-refractivity contribution in [3.8, 4) is 0 Å². The molecule has 0 saturated heterocycles. The van der Waals surface area contributed by atoms with E-state index in [0.29, 0.717) is 24.7 Å². The quantitative estimate of drug-likeness (QED) is 0.644. The maximum Gasteiger partial charge on any atom is 0.240 e. The molecule has 0 radical (unpaired) electrons. The topological polar surface area (TPSA) is 89.2 Å². The van der Waals surface area contributed by atoms with Crippen molar-refractivity contribution in [2.75, 3.05) is 0 Å². The first-order valence-corrected chi connectivity index (χ1v) is 10.2. The largest absolute Gasteiger partial charge is 0.467 e. The van der Waals surface area contributed by atoms with Crippen molar-refractivity contribution >= 4 is 22.8 Å². The van der Waals surface area contributed by atoms with E-state index in [-0.39, 0.29) is 24.3 Å². The fourth-order valence-corrected chi connectivity index (χ4v) is 3.91. The zero-order valence-corrected chi connectivity index (χ0v) is 16.4. The molecular formula is C22H26N4O3. The first-order valence-electron chi connectivity index (χ1n) is 10.2. The Balaban J connectivity index is 1.45. The second-order valence-electron chi connectivity index (χ2n) is 7.51. The summed E-state index contributed by atoms with van der Waals surface area (Å²) in [6, 6.07) is 11.3. The molecule has 0 aliphatic heterocycles. The number of amides is 2. The Labute approximate surface area is 169 Å². The minimum Gasteiger partial charge on any atom is -0.467 e. The molecule has 0 bridgehead atoms. The lowest BCUT2D eigenvalue weighted by Crippen LogP contribution is -2.33. The third kappa shape index (κ3) is 4.67. The van der Waals surface area contributed by atoms with E-state index in [2.05, 4.69) is 15.6 Å². The highest BCUT2D eigenvalue weighted by Gasteiger charge is 2.22. The van der Waals surface area contributed by atoms with Crippen LogP contribution in [-0.2, 0) is 29.2 Å². The molecule has 0 spiro atoms. The summed E-state index contributed by atoms with van der Waals surface area (Å²) in [4.78, 5) is 29.7. The highest BCUT2D eigenvalue weighted by molar-refractivity contribution is 5.81. The van der Waals surface area contributed by atoms with Gasteiger partial charge in [-0.05, 0) is 37.1 Å². The zero-order chi connectivity index (χ0) is 20.1. The van der Waals surface area contributed by atoms with E-state index in [1.807, 2.05) is 34.9 Å². The number of rotatable bonds is 7. The number of hydrogen-bond acceptors (Lipinski definition) is 4. The monoisotopic (exact) mass is 394 g/mol. The van der Waals surface area contributed by atoms with Crippen molar-refractivity contribution in [3.63, 3.8) is 0 Å². The van der Waals surface area contributed by atoms with Gasteiger partial charge in [-0.3, -0.25) is 9.59 Å². The number of carbonyl (C=O) groups is 2. The number of imidazole rings is 1. The summed E-state index contributed by atoms with van der Waals surface area (Å²) >= 11 is 0. The van der Waals surface area contributed by atoms with Gasteiger partial charge in [-0.25, -0.2) is 4.98 Å². The summed E-state index contributed by atoms with van der Waals surface area (Å²) in [5.74, 6) is 1.44. The number of nitrogens with one attached hydrogen (secondary N) is 2. The van der Waals surface area contributed by atoms with Gasteiger partial charge in [0, 0.05) is 5.92 Å². The molecule has 2 aromatic heterocycles. The molecule has 29 heavy (non-hydrogen) atoms. The van der Waals surface area contributed by atoms with Crippen molar-refractivity contribution in [3.05, 3.63) is 54.2 Å². The Morgan fingerprint density at radius 3 is 2.66 bits per heavy atom. The van der Waals surface area contributed by atoms with Gasteiger partial charge >= 0.3 is 0 Å². The number of fused-ring (bicyclic) bond motifs is 1. The van der Waals surface area contributed by atoms with Gasteiger partial charge in [0.25, 0.3) is 0 Å². The first-order chi connectivity index (χ1) is 14.2. The Kier molecular flexibility index (Phi) is 5.93. The van der Waals surface area contributed by atoms with E-state index in [1.165, 1.54) is 6.42 Å². The molecule has 1 fully saturated rings. The van der Waals surface area contributed by atoms with Gasteiger partial charge in [-0.2, -0.15) is 0 Å². The number of carbonyl (C=O) groups excluding carboxylic acids is 2. The van der Waals surface area contributed by atoms with Crippen LogP contribution in [0.2, 0.25) is 0 Å². The zero-order valence-electron chi connectivity index (χ0n) is 16.4. The fourth-order valence-electron chi connectivity index (χ4n) is 3.91. The number of furan rings is 1. The Bertz CT molecular complexity index is 971. The fraction of sp³-hybridized carbons (Fsp3) is 0.409. The smallest absolute Gasteiger partial charge is 0.240 e. The van der Waals surface area contributed by atoms with Crippen LogP contribution < -0.4 is 10.6 Å². The van der Waals surface area contributed by atoms with Crippen LogP contribution in [0.4, 0.5) is 0 Å². The third-order valence-corrected chi connectivity index (χ3v) is 5.47. The minimum absolute atomic E-state index is 0.0885.